The number of para-hydroxylation sites is 1. The maximum Gasteiger partial charge on any atom is 0.145 e. The zero-order valence-corrected chi connectivity index (χ0v) is 12.1. The van der Waals surface area contributed by atoms with Gasteiger partial charge in [0.1, 0.15) is 11.3 Å². The van der Waals surface area contributed by atoms with Crippen molar-refractivity contribution in [3.63, 3.8) is 0 Å². The minimum atomic E-state index is -0.299. The number of hydrogen-bond acceptors (Lipinski definition) is 4. The topological polar surface area (TPSA) is 54.4 Å². The van der Waals surface area contributed by atoms with Crippen molar-refractivity contribution in [1.29, 1.82) is 0 Å². The highest BCUT2D eigenvalue weighted by Gasteiger charge is 2.21. The average molecular weight is 274 g/mol. The van der Waals surface area contributed by atoms with Crippen molar-refractivity contribution in [2.75, 3.05) is 19.8 Å². The summed E-state index contributed by atoms with van der Waals surface area (Å²) in [6, 6.07) is 9.85. The van der Waals surface area contributed by atoms with Crippen molar-refractivity contribution in [2.24, 2.45) is 0 Å². The summed E-state index contributed by atoms with van der Waals surface area (Å²) in [6.45, 7) is 5.50. The second-order valence-electron chi connectivity index (χ2n) is 5.18. The van der Waals surface area contributed by atoms with Gasteiger partial charge in [0, 0.05) is 23.5 Å². The Hall–Kier alpha value is -1.65. The molecule has 0 radical (unpaired) electrons. The van der Waals surface area contributed by atoms with Gasteiger partial charge in [0.2, 0.25) is 0 Å². The third-order valence-corrected chi connectivity index (χ3v) is 3.46. The van der Waals surface area contributed by atoms with Crippen LogP contribution in [-0.2, 0) is 0 Å². The summed E-state index contributed by atoms with van der Waals surface area (Å²) in [5.74, 6) is 0.792. The number of nitrogens with zero attached hydrogens (tertiary/aromatic N) is 1. The van der Waals surface area contributed by atoms with E-state index in [0.29, 0.717) is 6.61 Å². The average Bonchev–Trinajstić information content (AvgIpc) is 2.48. The van der Waals surface area contributed by atoms with E-state index in [-0.39, 0.29) is 12.1 Å². The SMILES string of the molecule is CCNC(C)(CO)CCOc1cccc2cccnc12. The number of ether oxygens (including phenoxy) is 1. The molecule has 0 saturated carbocycles. The van der Waals surface area contributed by atoms with Crippen molar-refractivity contribution >= 4 is 10.9 Å². The first-order valence-corrected chi connectivity index (χ1v) is 7.01. The second kappa shape index (κ2) is 6.68. The van der Waals surface area contributed by atoms with Crippen LogP contribution in [0.3, 0.4) is 0 Å². The van der Waals surface area contributed by atoms with Crippen molar-refractivity contribution in [3.05, 3.63) is 36.5 Å². The first kappa shape index (κ1) is 14.8. The molecule has 4 heteroatoms. The number of aromatic nitrogens is 1. The maximum absolute atomic E-state index is 9.45. The van der Waals surface area contributed by atoms with Crippen LogP contribution in [-0.4, -0.2) is 35.4 Å². The summed E-state index contributed by atoms with van der Waals surface area (Å²) in [7, 11) is 0. The molecular weight excluding hydrogens is 252 g/mol. The molecule has 1 atom stereocenters. The van der Waals surface area contributed by atoms with E-state index in [1.54, 1.807) is 6.20 Å². The molecule has 0 aliphatic rings. The molecule has 0 saturated heterocycles. The summed E-state index contributed by atoms with van der Waals surface area (Å²) >= 11 is 0. The molecule has 1 heterocycles. The van der Waals surface area contributed by atoms with E-state index in [2.05, 4.69) is 10.3 Å². The summed E-state index contributed by atoms with van der Waals surface area (Å²) in [5, 5.41) is 13.8. The zero-order valence-electron chi connectivity index (χ0n) is 12.1. The number of nitrogens with one attached hydrogen (secondary N) is 1. The first-order chi connectivity index (χ1) is 9.68. The molecule has 4 nitrogen and oxygen atoms in total. The molecule has 0 amide bonds. The van der Waals surface area contributed by atoms with E-state index < -0.39 is 0 Å². The van der Waals surface area contributed by atoms with Gasteiger partial charge in [0.05, 0.1) is 13.2 Å². The van der Waals surface area contributed by atoms with E-state index in [1.165, 1.54) is 0 Å². The smallest absolute Gasteiger partial charge is 0.145 e. The Balaban J connectivity index is 2.03. The van der Waals surface area contributed by atoms with Gasteiger partial charge in [-0.2, -0.15) is 0 Å². The fourth-order valence-corrected chi connectivity index (χ4v) is 2.23. The number of hydrogen-bond donors (Lipinski definition) is 2. The quantitative estimate of drug-likeness (QED) is 0.814. The molecule has 0 bridgehead atoms. The minimum Gasteiger partial charge on any atom is -0.491 e. The third-order valence-electron chi connectivity index (χ3n) is 3.46. The summed E-state index contributed by atoms with van der Waals surface area (Å²) < 4.78 is 5.85. The number of pyridine rings is 1. The van der Waals surface area contributed by atoms with Crippen LogP contribution in [0.25, 0.3) is 10.9 Å². The van der Waals surface area contributed by atoms with Crippen LogP contribution in [0.15, 0.2) is 36.5 Å². The Morgan fingerprint density at radius 3 is 2.85 bits per heavy atom. The van der Waals surface area contributed by atoms with Crippen LogP contribution >= 0.6 is 0 Å². The van der Waals surface area contributed by atoms with E-state index in [9.17, 15) is 5.11 Å². The summed E-state index contributed by atoms with van der Waals surface area (Å²) in [4.78, 5) is 4.36. The number of aliphatic hydroxyl groups excluding tert-OH is 1. The Bertz CT molecular complexity index is 554. The van der Waals surface area contributed by atoms with Crippen LogP contribution in [0.2, 0.25) is 0 Å². The van der Waals surface area contributed by atoms with E-state index >= 15 is 0 Å². The molecule has 0 aliphatic heterocycles. The van der Waals surface area contributed by atoms with Crippen molar-refractivity contribution in [2.45, 2.75) is 25.8 Å². The van der Waals surface area contributed by atoms with Gasteiger partial charge in [-0.3, -0.25) is 4.98 Å². The molecule has 1 aromatic carbocycles. The molecule has 0 spiro atoms. The molecule has 108 valence electrons. The Kier molecular flexibility index (Phi) is 4.93. The molecule has 2 rings (SSSR count). The lowest BCUT2D eigenvalue weighted by molar-refractivity contribution is 0.146. The third kappa shape index (κ3) is 3.46. The van der Waals surface area contributed by atoms with Crippen molar-refractivity contribution < 1.29 is 9.84 Å². The highest BCUT2D eigenvalue weighted by molar-refractivity contribution is 5.84. The van der Waals surface area contributed by atoms with Gasteiger partial charge in [-0.05, 0) is 25.6 Å². The van der Waals surface area contributed by atoms with E-state index in [0.717, 1.165) is 29.6 Å². The zero-order chi connectivity index (χ0) is 14.4. The highest BCUT2D eigenvalue weighted by Crippen LogP contribution is 2.23. The normalized spacial score (nSPS) is 14.2. The van der Waals surface area contributed by atoms with Gasteiger partial charge in [0.25, 0.3) is 0 Å². The molecule has 1 unspecified atom stereocenters. The number of benzene rings is 1. The summed E-state index contributed by atoms with van der Waals surface area (Å²) in [5.41, 5.74) is 0.580. The van der Waals surface area contributed by atoms with E-state index in [4.69, 9.17) is 4.74 Å². The van der Waals surface area contributed by atoms with E-state index in [1.807, 2.05) is 44.2 Å². The largest absolute Gasteiger partial charge is 0.491 e. The molecule has 1 aromatic heterocycles. The predicted molar refractivity (Wildman–Crippen MR) is 81.0 cm³/mol. The summed E-state index contributed by atoms with van der Waals surface area (Å²) in [6.07, 6.45) is 2.51. The fraction of sp³-hybridized carbons (Fsp3) is 0.438. The van der Waals surface area contributed by atoms with Crippen molar-refractivity contribution in [3.8, 4) is 5.75 Å². The highest BCUT2D eigenvalue weighted by atomic mass is 16.5. The number of aliphatic hydroxyl groups is 1. The molecular formula is C16H22N2O2. The molecule has 0 fully saturated rings. The van der Waals surface area contributed by atoms with Crippen molar-refractivity contribution in [1.82, 2.24) is 10.3 Å². The van der Waals surface area contributed by atoms with Crippen LogP contribution < -0.4 is 10.1 Å². The number of rotatable bonds is 7. The monoisotopic (exact) mass is 274 g/mol. The number of fused-ring (bicyclic) bond motifs is 1. The van der Waals surface area contributed by atoms with Gasteiger partial charge < -0.3 is 15.2 Å². The molecule has 20 heavy (non-hydrogen) atoms. The standard InChI is InChI=1S/C16H22N2O2/c1-3-18-16(2,12-19)9-11-20-14-8-4-6-13-7-5-10-17-15(13)14/h4-8,10,18-19H,3,9,11-12H2,1-2H3. The minimum absolute atomic E-state index is 0.0952. The van der Waals surface area contributed by atoms with Crippen LogP contribution in [0.5, 0.6) is 5.75 Å². The van der Waals surface area contributed by atoms with Gasteiger partial charge >= 0.3 is 0 Å². The fourth-order valence-electron chi connectivity index (χ4n) is 2.23. The first-order valence-electron chi connectivity index (χ1n) is 7.01. The van der Waals surface area contributed by atoms with Gasteiger partial charge in [-0.25, -0.2) is 0 Å². The second-order valence-corrected chi connectivity index (χ2v) is 5.18. The van der Waals surface area contributed by atoms with Gasteiger partial charge in [-0.15, -0.1) is 0 Å². The molecule has 2 aromatic rings. The predicted octanol–water partition coefficient (Wildman–Crippen LogP) is 2.36. The lowest BCUT2D eigenvalue weighted by Crippen LogP contribution is -2.46. The maximum atomic E-state index is 9.45. The molecule has 0 aliphatic carbocycles. The Morgan fingerprint density at radius 1 is 1.30 bits per heavy atom. The lowest BCUT2D eigenvalue weighted by Gasteiger charge is -2.28. The van der Waals surface area contributed by atoms with Crippen LogP contribution in [0.4, 0.5) is 0 Å². The Morgan fingerprint density at radius 2 is 2.10 bits per heavy atom. The van der Waals surface area contributed by atoms with Crippen LogP contribution in [0.1, 0.15) is 20.3 Å². The van der Waals surface area contributed by atoms with Crippen LogP contribution in [0, 0.1) is 0 Å². The van der Waals surface area contributed by atoms with Gasteiger partial charge in [-0.1, -0.05) is 25.1 Å². The Labute approximate surface area is 119 Å². The lowest BCUT2D eigenvalue weighted by atomic mass is 10.00. The van der Waals surface area contributed by atoms with Gasteiger partial charge in [0.15, 0.2) is 0 Å². The molecule has 2 N–H and O–H groups in total. The number of likely N-dealkylation sites (N-methyl/N-ethyl adjacent to an activating group) is 1.